The van der Waals surface area contributed by atoms with Crippen molar-refractivity contribution in [3.05, 3.63) is 53.1 Å². The number of benzene rings is 1. The number of amides is 2. The van der Waals surface area contributed by atoms with Gasteiger partial charge in [0.15, 0.2) is 0 Å². The molecular formula is C17H14N2O3S. The lowest BCUT2D eigenvalue weighted by molar-refractivity contribution is -0.184. The fourth-order valence-corrected chi connectivity index (χ4v) is 3.16. The number of allylic oxidation sites excluding steroid dienone is 1. The van der Waals surface area contributed by atoms with E-state index < -0.39 is 0 Å². The molecule has 2 aliphatic rings. The predicted octanol–water partition coefficient (Wildman–Crippen LogP) is 2.60. The number of hydrogen-bond donors (Lipinski definition) is 0. The number of hydrogen-bond acceptors (Lipinski definition) is 5. The van der Waals surface area contributed by atoms with E-state index in [-0.39, 0.29) is 18.4 Å². The van der Waals surface area contributed by atoms with Crippen molar-refractivity contribution in [2.45, 2.75) is 17.7 Å². The maximum atomic E-state index is 12.1. The van der Waals surface area contributed by atoms with Crippen molar-refractivity contribution in [1.82, 2.24) is 5.06 Å². The highest BCUT2D eigenvalue weighted by atomic mass is 32.2. The van der Waals surface area contributed by atoms with Crippen LogP contribution >= 0.6 is 11.8 Å². The zero-order valence-corrected chi connectivity index (χ0v) is 13.1. The van der Waals surface area contributed by atoms with E-state index in [2.05, 4.69) is 6.07 Å². The minimum absolute atomic E-state index is 0.256. The molecule has 23 heavy (non-hydrogen) atoms. The molecule has 0 atom stereocenters. The third-order valence-corrected chi connectivity index (χ3v) is 4.56. The Kier molecular flexibility index (Phi) is 4.60. The van der Waals surface area contributed by atoms with Gasteiger partial charge in [0.2, 0.25) is 0 Å². The highest BCUT2D eigenvalue weighted by molar-refractivity contribution is 7.99. The summed E-state index contributed by atoms with van der Waals surface area (Å²) in [6, 6.07) is 9.29. The van der Waals surface area contributed by atoms with E-state index in [9.17, 15) is 9.59 Å². The number of nitrogens with zero attached hydrogens (tertiary/aromatic N) is 2. The van der Waals surface area contributed by atoms with E-state index in [0.29, 0.717) is 28.9 Å². The summed E-state index contributed by atoms with van der Waals surface area (Å²) in [5.74, 6) is -0.106. The summed E-state index contributed by atoms with van der Waals surface area (Å²) >= 11 is 1.54. The molecule has 6 heteroatoms. The minimum atomic E-state index is -0.371. The van der Waals surface area contributed by atoms with Crippen LogP contribution in [0, 0.1) is 11.3 Å². The van der Waals surface area contributed by atoms with E-state index >= 15 is 0 Å². The van der Waals surface area contributed by atoms with E-state index in [4.69, 9.17) is 10.1 Å². The maximum absolute atomic E-state index is 12.1. The third-order valence-electron chi connectivity index (χ3n) is 3.58. The largest absolute Gasteiger partial charge is 0.285 e. The Morgan fingerprint density at radius 2 is 2.00 bits per heavy atom. The van der Waals surface area contributed by atoms with Crippen LogP contribution in [0.25, 0.3) is 0 Å². The van der Waals surface area contributed by atoms with Gasteiger partial charge in [0, 0.05) is 16.2 Å². The van der Waals surface area contributed by atoms with Crippen molar-refractivity contribution in [3.63, 3.8) is 0 Å². The van der Waals surface area contributed by atoms with Gasteiger partial charge in [-0.05, 0) is 37.1 Å². The lowest BCUT2D eigenvalue weighted by atomic mass is 10.00. The fourth-order valence-electron chi connectivity index (χ4n) is 2.44. The molecule has 0 fully saturated rings. The second-order valence-corrected chi connectivity index (χ2v) is 6.22. The lowest BCUT2D eigenvalue weighted by Crippen LogP contribution is -2.32. The Balaban J connectivity index is 1.50. The molecule has 0 N–H and O–H groups in total. The molecule has 2 amide bonds. The number of imide groups is 1. The van der Waals surface area contributed by atoms with Crippen LogP contribution in [-0.4, -0.2) is 29.2 Å². The van der Waals surface area contributed by atoms with Gasteiger partial charge < -0.3 is 0 Å². The van der Waals surface area contributed by atoms with E-state index in [0.717, 1.165) is 16.4 Å². The summed E-state index contributed by atoms with van der Waals surface area (Å²) in [4.78, 5) is 30.6. The number of thioether (sulfide) groups is 1. The predicted molar refractivity (Wildman–Crippen MR) is 85.1 cm³/mol. The highest BCUT2D eigenvalue weighted by Gasteiger charge is 2.38. The smallest absolute Gasteiger partial charge is 0.267 e. The maximum Gasteiger partial charge on any atom is 0.285 e. The van der Waals surface area contributed by atoms with Gasteiger partial charge in [-0.15, -0.1) is 16.8 Å². The molecule has 1 aromatic carbocycles. The van der Waals surface area contributed by atoms with Crippen LogP contribution in [0.1, 0.15) is 18.4 Å². The molecule has 3 rings (SSSR count). The van der Waals surface area contributed by atoms with Crippen LogP contribution in [-0.2, 0) is 14.4 Å². The van der Waals surface area contributed by atoms with Crippen LogP contribution in [0.3, 0.4) is 0 Å². The molecule has 0 aromatic heterocycles. The Morgan fingerprint density at radius 3 is 2.70 bits per heavy atom. The van der Waals surface area contributed by atoms with E-state index in [1.54, 1.807) is 18.2 Å². The molecule has 0 saturated heterocycles. The SMILES string of the molecule is N#Cc1ccc(SCCON2C(=O)C3=C(CCC=C3)C2=O)cc1. The van der Waals surface area contributed by atoms with Gasteiger partial charge in [-0.25, -0.2) is 0 Å². The summed E-state index contributed by atoms with van der Waals surface area (Å²) in [7, 11) is 0. The fraction of sp³-hybridized carbons (Fsp3) is 0.235. The van der Waals surface area contributed by atoms with E-state index in [1.165, 1.54) is 11.8 Å². The van der Waals surface area contributed by atoms with Gasteiger partial charge in [-0.2, -0.15) is 5.26 Å². The summed E-state index contributed by atoms with van der Waals surface area (Å²) in [6.45, 7) is 0.256. The van der Waals surface area contributed by atoms with Crippen LogP contribution < -0.4 is 0 Å². The van der Waals surface area contributed by atoms with Crippen molar-refractivity contribution in [2.24, 2.45) is 0 Å². The Morgan fingerprint density at radius 1 is 1.22 bits per heavy atom. The third kappa shape index (κ3) is 3.21. The van der Waals surface area contributed by atoms with Crippen molar-refractivity contribution < 1.29 is 14.4 Å². The van der Waals surface area contributed by atoms with Crippen molar-refractivity contribution in [2.75, 3.05) is 12.4 Å². The first-order valence-corrected chi connectivity index (χ1v) is 8.23. The molecule has 1 aliphatic heterocycles. The van der Waals surface area contributed by atoms with Gasteiger partial charge in [0.25, 0.3) is 11.8 Å². The second-order valence-electron chi connectivity index (χ2n) is 5.06. The topological polar surface area (TPSA) is 70.4 Å². The zero-order valence-electron chi connectivity index (χ0n) is 12.3. The van der Waals surface area contributed by atoms with Crippen LogP contribution in [0.5, 0.6) is 0 Å². The molecule has 1 heterocycles. The van der Waals surface area contributed by atoms with Crippen LogP contribution in [0.4, 0.5) is 0 Å². The first-order valence-electron chi connectivity index (χ1n) is 7.25. The summed E-state index contributed by atoms with van der Waals surface area (Å²) in [6.07, 6.45) is 4.97. The van der Waals surface area contributed by atoms with Crippen molar-refractivity contribution >= 4 is 23.6 Å². The normalized spacial score (nSPS) is 16.7. The molecule has 0 unspecified atom stereocenters. The number of carbonyl (C=O) groups excluding carboxylic acids is 2. The van der Waals surface area contributed by atoms with E-state index in [1.807, 2.05) is 18.2 Å². The van der Waals surface area contributed by atoms with Gasteiger partial charge in [-0.3, -0.25) is 14.4 Å². The monoisotopic (exact) mass is 326 g/mol. The molecule has 5 nitrogen and oxygen atoms in total. The molecule has 0 radical (unpaired) electrons. The van der Waals surface area contributed by atoms with Crippen LogP contribution in [0.2, 0.25) is 0 Å². The molecule has 0 spiro atoms. The molecule has 1 aromatic rings. The quantitative estimate of drug-likeness (QED) is 0.472. The number of rotatable bonds is 5. The van der Waals surface area contributed by atoms with Crippen molar-refractivity contribution in [3.8, 4) is 6.07 Å². The summed E-state index contributed by atoms with van der Waals surface area (Å²) in [5, 5.41) is 9.62. The van der Waals surface area contributed by atoms with Gasteiger partial charge in [0.1, 0.15) is 0 Å². The van der Waals surface area contributed by atoms with Gasteiger partial charge in [-0.1, -0.05) is 12.2 Å². The molecule has 1 aliphatic carbocycles. The summed E-state index contributed by atoms with van der Waals surface area (Å²) < 4.78 is 0. The molecule has 116 valence electrons. The van der Waals surface area contributed by atoms with Crippen molar-refractivity contribution in [1.29, 1.82) is 5.26 Å². The number of nitriles is 1. The summed E-state index contributed by atoms with van der Waals surface area (Å²) in [5.41, 5.74) is 1.63. The molecular weight excluding hydrogens is 312 g/mol. The number of hydroxylamine groups is 2. The average Bonchev–Trinajstić information content (AvgIpc) is 2.84. The molecule has 0 saturated carbocycles. The van der Waals surface area contributed by atoms with Crippen LogP contribution in [0.15, 0.2) is 52.5 Å². The molecule has 0 bridgehead atoms. The highest BCUT2D eigenvalue weighted by Crippen LogP contribution is 2.29. The Labute approximate surface area is 138 Å². The number of carbonyl (C=O) groups is 2. The first kappa shape index (κ1) is 15.5. The minimum Gasteiger partial charge on any atom is -0.267 e. The lowest BCUT2D eigenvalue weighted by Gasteiger charge is -2.14. The van der Waals surface area contributed by atoms with Gasteiger partial charge >= 0.3 is 0 Å². The average molecular weight is 326 g/mol. The van der Waals surface area contributed by atoms with Gasteiger partial charge in [0.05, 0.1) is 23.8 Å². The standard InChI is InChI=1S/C17H14N2O3S/c18-11-12-5-7-13(8-6-12)23-10-9-22-19-16(20)14-3-1-2-4-15(14)17(19)21/h1,3,5-8H,2,4,9-10H2. The Bertz CT molecular complexity index is 744. The zero-order chi connectivity index (χ0) is 16.2. The first-order chi connectivity index (χ1) is 11.2. The Hall–Kier alpha value is -2.36. The second kappa shape index (κ2) is 6.82.